The van der Waals surface area contributed by atoms with Crippen LogP contribution in [0.5, 0.6) is 11.5 Å². The van der Waals surface area contributed by atoms with Crippen molar-refractivity contribution in [3.05, 3.63) is 124 Å². The molecule has 2 fully saturated rings. The number of amides is 9. The van der Waals surface area contributed by atoms with Crippen molar-refractivity contribution in [1.29, 1.82) is 0 Å². The summed E-state index contributed by atoms with van der Waals surface area (Å²) in [5.41, 5.74) is 20.6. The van der Waals surface area contributed by atoms with Crippen LogP contribution in [0, 0.1) is 0 Å². The maximum Gasteiger partial charge on any atom is 0.245 e. The van der Waals surface area contributed by atoms with E-state index in [0.717, 1.165) is 28.0 Å². The Hall–Kier alpha value is -7.46. The van der Waals surface area contributed by atoms with Gasteiger partial charge in [-0.05, 0) is 129 Å². The standard InChI is InChI=1S/C57H73ClN12O12S2/c1-31(71)48-57(82)69-47(55(80)65-43(49(61)74)26-34-11-19-38(72)20-12-34)30-84-83-29-46(68-50(75)40(60)25-32-7-15-36(58)16-8-32)56(81)67-45(28-35-13-21-39(73)22-14-35)54(79)66-44(53(78)64-42(52(77)70-48)5-2-3-23-59)27-33-9-17-37(18-10-33)63-51(76)41-6-4-24-62-41/h7-22,31,40-48,62,71-73H,2-6,23-30,59-60H2,1H3,(H2,61,74)(H,63,76)(H,64,78)(H,65,80)(H,66,79)(H,67,81)(H,68,75)(H,69,82)(H,70,77)/t31?,40-,41-,42-,43+,44+,45-,46+,47-,48?/m0/s1. The van der Waals surface area contributed by atoms with E-state index in [1.54, 1.807) is 48.5 Å². The van der Waals surface area contributed by atoms with Crippen LogP contribution in [0.15, 0.2) is 97.1 Å². The van der Waals surface area contributed by atoms with Gasteiger partial charge >= 0.3 is 0 Å². The number of phenols is 2. The summed E-state index contributed by atoms with van der Waals surface area (Å²) in [6.07, 6.45) is 0.0332. The predicted octanol–water partition coefficient (Wildman–Crippen LogP) is -0.177. The minimum Gasteiger partial charge on any atom is -0.508 e. The van der Waals surface area contributed by atoms with Crippen LogP contribution in [0.4, 0.5) is 5.69 Å². The molecule has 4 aromatic rings. The van der Waals surface area contributed by atoms with E-state index in [1.807, 2.05) is 0 Å². The van der Waals surface area contributed by atoms with Crippen molar-refractivity contribution in [2.45, 2.75) is 125 Å². The lowest BCUT2D eigenvalue weighted by molar-refractivity contribution is -0.136. The van der Waals surface area contributed by atoms with Crippen LogP contribution in [0.1, 0.15) is 61.3 Å². The van der Waals surface area contributed by atoms with Gasteiger partial charge in [0.1, 0.15) is 53.8 Å². The molecule has 9 amide bonds. The number of halogens is 1. The molecule has 2 saturated heterocycles. The highest BCUT2D eigenvalue weighted by atomic mass is 35.5. The van der Waals surface area contributed by atoms with E-state index in [4.69, 9.17) is 28.8 Å². The Bertz CT molecular complexity index is 2910. The molecule has 0 aromatic heterocycles. The first-order chi connectivity index (χ1) is 40.1. The molecule has 0 aliphatic carbocycles. The Balaban J connectivity index is 1.38. The number of phenolic OH excluding ortho intramolecular Hbond substituents is 2. The Morgan fingerprint density at radius 2 is 1.19 bits per heavy atom. The smallest absolute Gasteiger partial charge is 0.245 e. The first kappa shape index (κ1) is 65.7. The molecule has 0 radical (unpaired) electrons. The highest BCUT2D eigenvalue weighted by Gasteiger charge is 2.37. The van der Waals surface area contributed by atoms with Gasteiger partial charge in [-0.25, -0.2) is 0 Å². The molecule has 452 valence electrons. The summed E-state index contributed by atoms with van der Waals surface area (Å²) in [7, 11) is 1.92. The van der Waals surface area contributed by atoms with Gasteiger partial charge in [0.15, 0.2) is 0 Å². The molecule has 0 saturated carbocycles. The topological polar surface area (TPSA) is 401 Å². The van der Waals surface area contributed by atoms with E-state index in [0.29, 0.717) is 52.4 Å². The van der Waals surface area contributed by atoms with E-state index in [-0.39, 0.29) is 80.0 Å². The summed E-state index contributed by atoms with van der Waals surface area (Å²) >= 11 is 6.09. The Morgan fingerprint density at radius 1 is 0.655 bits per heavy atom. The van der Waals surface area contributed by atoms with Gasteiger partial charge in [0.25, 0.3) is 0 Å². The third-order valence-corrected chi connectivity index (χ3v) is 16.6. The van der Waals surface area contributed by atoms with E-state index in [1.165, 1.54) is 55.5 Å². The van der Waals surface area contributed by atoms with Crippen molar-refractivity contribution >= 4 is 92.0 Å². The van der Waals surface area contributed by atoms with Crippen LogP contribution in [0.3, 0.4) is 0 Å². The quantitative estimate of drug-likeness (QED) is 0.0403. The first-order valence-electron chi connectivity index (χ1n) is 27.4. The number of unbranched alkanes of at least 4 members (excludes halogenated alkanes) is 1. The SMILES string of the molecule is CC(O)C1NC(=O)[C@H](CCCCN)NC(=O)[C@@H](Cc2ccc(NC(=O)[C@@H]3CCCN3)cc2)NC(=O)[C@H](Cc2ccc(O)cc2)NC(=O)[C@H](NC(=O)[C@@H](N)Cc2ccc(Cl)cc2)CSSC[C@@H](C(=O)N[C@H](Cc2ccc(O)cc2)C(N)=O)NC1=O. The maximum absolute atomic E-state index is 14.9. The van der Waals surface area contributed by atoms with Crippen molar-refractivity contribution in [3.63, 3.8) is 0 Å². The molecular weight excluding hydrogens is 1140 g/mol. The summed E-state index contributed by atoms with van der Waals surface area (Å²) in [6, 6.07) is 12.7. The number of aliphatic hydroxyl groups excluding tert-OH is 1. The van der Waals surface area contributed by atoms with Crippen molar-refractivity contribution in [1.82, 2.24) is 42.5 Å². The third-order valence-electron chi connectivity index (χ3n) is 13.9. The van der Waals surface area contributed by atoms with E-state index in [2.05, 4.69) is 47.9 Å². The predicted molar refractivity (Wildman–Crippen MR) is 319 cm³/mol. The number of nitrogens with two attached hydrogens (primary N) is 3. The number of hydrogen-bond acceptors (Lipinski definition) is 17. The number of aliphatic hydroxyl groups is 1. The molecule has 10 atom stereocenters. The average molecular weight is 1220 g/mol. The van der Waals surface area contributed by atoms with Crippen molar-refractivity contribution in [2.24, 2.45) is 17.2 Å². The third kappa shape index (κ3) is 20.7. The van der Waals surface area contributed by atoms with Crippen LogP contribution in [-0.2, 0) is 68.8 Å². The minimum absolute atomic E-state index is 0.0290. The lowest BCUT2D eigenvalue weighted by Gasteiger charge is -2.29. The van der Waals surface area contributed by atoms with Gasteiger partial charge in [-0.1, -0.05) is 81.7 Å². The summed E-state index contributed by atoms with van der Waals surface area (Å²) in [5.74, 6) is -8.16. The molecule has 18 N–H and O–H groups in total. The molecule has 2 aliphatic heterocycles. The fraction of sp³-hybridized carbons (Fsp3) is 0.421. The van der Waals surface area contributed by atoms with E-state index >= 15 is 0 Å². The molecule has 4 aromatic carbocycles. The number of rotatable bonds is 20. The van der Waals surface area contributed by atoms with Crippen molar-refractivity contribution in [3.8, 4) is 11.5 Å². The monoisotopic (exact) mass is 1220 g/mol. The zero-order chi connectivity index (χ0) is 60.9. The van der Waals surface area contributed by atoms with Crippen LogP contribution < -0.4 is 65.1 Å². The number of benzene rings is 4. The second kappa shape index (κ2) is 32.6. The summed E-state index contributed by atoms with van der Waals surface area (Å²) in [5, 5.41) is 56.1. The zero-order valence-electron chi connectivity index (χ0n) is 46.1. The van der Waals surface area contributed by atoms with E-state index in [9.17, 15) is 58.5 Å². The van der Waals surface area contributed by atoms with Crippen LogP contribution in [0.25, 0.3) is 0 Å². The highest BCUT2D eigenvalue weighted by molar-refractivity contribution is 8.76. The second-order valence-electron chi connectivity index (χ2n) is 20.6. The van der Waals surface area contributed by atoms with Crippen molar-refractivity contribution < 1.29 is 58.5 Å². The van der Waals surface area contributed by atoms with Crippen molar-refractivity contribution in [2.75, 3.05) is 29.9 Å². The average Bonchev–Trinajstić information content (AvgIpc) is 4.17. The fourth-order valence-electron chi connectivity index (χ4n) is 9.09. The molecule has 27 heteroatoms. The number of hydrogen-bond donors (Lipinski definition) is 15. The summed E-state index contributed by atoms with van der Waals surface area (Å²) in [4.78, 5) is 127. The fourth-order valence-corrected chi connectivity index (χ4v) is 11.5. The van der Waals surface area contributed by atoms with Gasteiger partial charge in [-0.2, -0.15) is 0 Å². The van der Waals surface area contributed by atoms with Gasteiger partial charge in [0.2, 0.25) is 53.2 Å². The number of aromatic hydroxyl groups is 2. The number of carbonyl (C=O) groups excluding carboxylic acids is 9. The van der Waals surface area contributed by atoms with E-state index < -0.39 is 102 Å². The molecule has 2 aliphatic rings. The maximum atomic E-state index is 14.9. The van der Waals surface area contributed by atoms with Crippen LogP contribution >= 0.6 is 33.2 Å². The summed E-state index contributed by atoms with van der Waals surface area (Å²) in [6.45, 7) is 2.14. The Labute approximate surface area is 498 Å². The lowest BCUT2D eigenvalue weighted by Crippen LogP contribution is -2.62. The van der Waals surface area contributed by atoms with Gasteiger partial charge in [0, 0.05) is 41.5 Å². The molecule has 2 heterocycles. The largest absolute Gasteiger partial charge is 0.508 e. The van der Waals surface area contributed by atoms with Gasteiger partial charge in [-0.15, -0.1) is 0 Å². The second-order valence-corrected chi connectivity index (χ2v) is 23.6. The van der Waals surface area contributed by atoms with Gasteiger partial charge < -0.3 is 80.4 Å². The molecular formula is C57H73ClN12O12S2. The van der Waals surface area contributed by atoms with Crippen LogP contribution in [-0.4, -0.2) is 154 Å². The molecule has 6 rings (SSSR count). The minimum atomic E-state index is -1.76. The number of primary amides is 1. The molecule has 0 spiro atoms. The molecule has 84 heavy (non-hydrogen) atoms. The number of anilines is 1. The van der Waals surface area contributed by atoms with Gasteiger partial charge in [-0.3, -0.25) is 43.2 Å². The Morgan fingerprint density at radius 3 is 1.76 bits per heavy atom. The molecule has 0 bridgehead atoms. The lowest BCUT2D eigenvalue weighted by atomic mass is 10.0. The number of nitrogens with one attached hydrogen (secondary N) is 9. The number of carbonyl (C=O) groups is 9. The van der Waals surface area contributed by atoms with Crippen LogP contribution in [0.2, 0.25) is 5.02 Å². The van der Waals surface area contributed by atoms with Gasteiger partial charge in [0.05, 0.1) is 18.2 Å². The molecule has 2 unspecified atom stereocenters. The zero-order valence-corrected chi connectivity index (χ0v) is 48.5. The molecule has 24 nitrogen and oxygen atoms in total. The normalized spacial score (nSPS) is 22.3. The highest BCUT2D eigenvalue weighted by Crippen LogP contribution is 2.25. The first-order valence-corrected chi connectivity index (χ1v) is 30.3. The Kier molecular flexibility index (Phi) is 25.5. The summed E-state index contributed by atoms with van der Waals surface area (Å²) < 4.78 is 0.